The Hall–Kier alpha value is -1.60. The van der Waals surface area contributed by atoms with E-state index in [1.165, 1.54) is 17.0 Å². The predicted octanol–water partition coefficient (Wildman–Crippen LogP) is 1.72. The van der Waals surface area contributed by atoms with Crippen LogP contribution >= 0.6 is 0 Å². The summed E-state index contributed by atoms with van der Waals surface area (Å²) in [6.07, 6.45) is 2.87. The van der Waals surface area contributed by atoms with Crippen molar-refractivity contribution in [2.75, 3.05) is 27.2 Å². The van der Waals surface area contributed by atoms with Crippen molar-refractivity contribution in [3.05, 3.63) is 24.3 Å². The molecule has 0 radical (unpaired) electrons. The van der Waals surface area contributed by atoms with Gasteiger partial charge < -0.3 is 9.64 Å². The van der Waals surface area contributed by atoms with Gasteiger partial charge in [0.1, 0.15) is 5.75 Å². The van der Waals surface area contributed by atoms with Crippen LogP contribution in [0.15, 0.2) is 29.2 Å². The van der Waals surface area contributed by atoms with Crippen LogP contribution in [0.25, 0.3) is 0 Å². The Morgan fingerprint density at radius 1 is 1.26 bits per heavy atom. The van der Waals surface area contributed by atoms with Gasteiger partial charge in [0, 0.05) is 26.7 Å². The quantitative estimate of drug-likeness (QED) is 0.818. The van der Waals surface area contributed by atoms with Crippen molar-refractivity contribution in [1.82, 2.24) is 9.21 Å². The lowest BCUT2D eigenvalue weighted by atomic mass is 10.1. The number of hydrogen-bond donors (Lipinski definition) is 0. The minimum atomic E-state index is -3.47. The molecule has 7 heteroatoms. The SMILES string of the molecule is C[C@H]1CCCCN1S(=O)(=O)c1ccc(OCC(=O)N(C)C)cc1. The fourth-order valence-electron chi connectivity index (χ4n) is 2.55. The number of benzene rings is 1. The van der Waals surface area contributed by atoms with Crippen LogP contribution < -0.4 is 4.74 Å². The Morgan fingerprint density at radius 2 is 1.91 bits per heavy atom. The maximum absolute atomic E-state index is 12.7. The number of rotatable bonds is 5. The number of carbonyl (C=O) groups excluding carboxylic acids is 1. The molecule has 0 bridgehead atoms. The van der Waals surface area contributed by atoms with E-state index < -0.39 is 10.0 Å². The Balaban J connectivity index is 2.07. The molecule has 0 unspecified atom stereocenters. The molecule has 1 saturated heterocycles. The smallest absolute Gasteiger partial charge is 0.259 e. The summed E-state index contributed by atoms with van der Waals surface area (Å²) in [6, 6.07) is 6.27. The summed E-state index contributed by atoms with van der Waals surface area (Å²) in [6.45, 7) is 2.45. The molecule has 0 spiro atoms. The summed E-state index contributed by atoms with van der Waals surface area (Å²) in [5.74, 6) is 0.328. The number of hydrogen-bond acceptors (Lipinski definition) is 4. The third kappa shape index (κ3) is 4.23. The molecule has 23 heavy (non-hydrogen) atoms. The standard InChI is InChI=1S/C16H24N2O4S/c1-13-6-4-5-11-18(13)23(20,21)15-9-7-14(8-10-15)22-12-16(19)17(2)3/h7-10,13H,4-6,11-12H2,1-3H3/t13-/m0/s1. The zero-order valence-corrected chi connectivity index (χ0v) is 14.7. The molecule has 2 rings (SSSR count). The Labute approximate surface area is 138 Å². The van der Waals surface area contributed by atoms with E-state index in [1.807, 2.05) is 6.92 Å². The molecule has 0 N–H and O–H groups in total. The van der Waals surface area contributed by atoms with Crippen molar-refractivity contribution >= 4 is 15.9 Å². The summed E-state index contributed by atoms with van der Waals surface area (Å²) >= 11 is 0. The van der Waals surface area contributed by atoms with Crippen molar-refractivity contribution in [2.45, 2.75) is 37.1 Å². The van der Waals surface area contributed by atoms with E-state index >= 15 is 0 Å². The summed E-state index contributed by atoms with van der Waals surface area (Å²) in [7, 11) is -0.162. The highest BCUT2D eigenvalue weighted by Crippen LogP contribution is 2.26. The van der Waals surface area contributed by atoms with Gasteiger partial charge in [0.15, 0.2) is 6.61 Å². The molecule has 1 aromatic carbocycles. The fourth-order valence-corrected chi connectivity index (χ4v) is 4.25. The van der Waals surface area contributed by atoms with E-state index in [0.717, 1.165) is 19.3 Å². The predicted molar refractivity (Wildman–Crippen MR) is 87.8 cm³/mol. The van der Waals surface area contributed by atoms with Gasteiger partial charge in [0.05, 0.1) is 4.90 Å². The van der Waals surface area contributed by atoms with Crippen molar-refractivity contribution in [3.63, 3.8) is 0 Å². The van der Waals surface area contributed by atoms with Crippen LogP contribution in [0.5, 0.6) is 5.75 Å². The van der Waals surface area contributed by atoms with Crippen LogP contribution in [-0.4, -0.2) is 56.8 Å². The van der Waals surface area contributed by atoms with E-state index in [-0.39, 0.29) is 23.5 Å². The minimum Gasteiger partial charge on any atom is -0.484 e. The van der Waals surface area contributed by atoms with Crippen LogP contribution in [0, 0.1) is 0 Å². The highest BCUT2D eigenvalue weighted by molar-refractivity contribution is 7.89. The maximum atomic E-state index is 12.7. The van der Waals surface area contributed by atoms with Crippen LogP contribution in [0.3, 0.4) is 0 Å². The highest BCUT2D eigenvalue weighted by Gasteiger charge is 2.30. The lowest BCUT2D eigenvalue weighted by molar-refractivity contribution is -0.130. The second-order valence-corrected chi connectivity index (χ2v) is 7.90. The van der Waals surface area contributed by atoms with Gasteiger partial charge in [-0.1, -0.05) is 6.42 Å². The molecule has 1 atom stereocenters. The minimum absolute atomic E-state index is 0.0300. The van der Waals surface area contributed by atoms with Gasteiger partial charge >= 0.3 is 0 Å². The number of sulfonamides is 1. The molecule has 128 valence electrons. The molecule has 1 amide bonds. The third-order valence-electron chi connectivity index (χ3n) is 4.03. The molecule has 0 aliphatic carbocycles. The zero-order valence-electron chi connectivity index (χ0n) is 13.9. The second-order valence-electron chi connectivity index (χ2n) is 6.01. The Bertz CT molecular complexity index is 641. The topological polar surface area (TPSA) is 66.9 Å². The molecular formula is C16H24N2O4S. The summed E-state index contributed by atoms with van der Waals surface area (Å²) in [5, 5.41) is 0. The number of likely N-dealkylation sites (N-methyl/N-ethyl adjacent to an activating group) is 1. The first-order valence-electron chi connectivity index (χ1n) is 7.77. The number of ether oxygens (including phenoxy) is 1. The lowest BCUT2D eigenvalue weighted by Crippen LogP contribution is -2.41. The van der Waals surface area contributed by atoms with E-state index in [1.54, 1.807) is 30.5 Å². The highest BCUT2D eigenvalue weighted by atomic mass is 32.2. The summed E-state index contributed by atoms with van der Waals surface area (Å²) in [5.41, 5.74) is 0. The van der Waals surface area contributed by atoms with E-state index in [0.29, 0.717) is 12.3 Å². The van der Waals surface area contributed by atoms with E-state index in [4.69, 9.17) is 4.74 Å². The van der Waals surface area contributed by atoms with Crippen molar-refractivity contribution in [3.8, 4) is 5.75 Å². The normalized spacial score (nSPS) is 19.3. The average molecular weight is 340 g/mol. The fraction of sp³-hybridized carbons (Fsp3) is 0.562. The van der Waals surface area contributed by atoms with Gasteiger partial charge in [-0.2, -0.15) is 4.31 Å². The van der Waals surface area contributed by atoms with Crippen molar-refractivity contribution < 1.29 is 17.9 Å². The first-order valence-corrected chi connectivity index (χ1v) is 9.21. The number of nitrogens with zero attached hydrogens (tertiary/aromatic N) is 2. The zero-order chi connectivity index (χ0) is 17.0. The molecular weight excluding hydrogens is 316 g/mol. The van der Waals surface area contributed by atoms with Gasteiger partial charge in [-0.25, -0.2) is 8.42 Å². The second kappa shape index (κ2) is 7.31. The van der Waals surface area contributed by atoms with Crippen LogP contribution in [-0.2, 0) is 14.8 Å². The van der Waals surface area contributed by atoms with Crippen molar-refractivity contribution in [2.24, 2.45) is 0 Å². The molecule has 0 aromatic heterocycles. The summed E-state index contributed by atoms with van der Waals surface area (Å²) in [4.78, 5) is 13.2. The average Bonchev–Trinajstić information content (AvgIpc) is 2.53. The van der Waals surface area contributed by atoms with Gasteiger partial charge in [0.2, 0.25) is 10.0 Å². The Kier molecular flexibility index (Phi) is 5.64. The monoisotopic (exact) mass is 340 g/mol. The van der Waals surface area contributed by atoms with Gasteiger partial charge in [-0.3, -0.25) is 4.79 Å². The van der Waals surface area contributed by atoms with Gasteiger partial charge in [0.25, 0.3) is 5.91 Å². The third-order valence-corrected chi connectivity index (χ3v) is 6.06. The van der Waals surface area contributed by atoms with Crippen LogP contribution in [0.4, 0.5) is 0 Å². The molecule has 1 heterocycles. The molecule has 1 aromatic rings. The first-order chi connectivity index (χ1) is 10.8. The van der Waals surface area contributed by atoms with Gasteiger partial charge in [-0.15, -0.1) is 0 Å². The maximum Gasteiger partial charge on any atom is 0.259 e. The lowest BCUT2D eigenvalue weighted by Gasteiger charge is -2.32. The molecule has 0 saturated carbocycles. The van der Waals surface area contributed by atoms with Crippen LogP contribution in [0.1, 0.15) is 26.2 Å². The molecule has 1 aliphatic rings. The van der Waals surface area contributed by atoms with Gasteiger partial charge in [-0.05, 0) is 44.0 Å². The Morgan fingerprint density at radius 3 is 2.48 bits per heavy atom. The van der Waals surface area contributed by atoms with E-state index in [2.05, 4.69) is 0 Å². The molecule has 1 fully saturated rings. The number of amides is 1. The molecule has 6 nitrogen and oxygen atoms in total. The number of carbonyl (C=O) groups is 1. The number of piperidine rings is 1. The first kappa shape index (κ1) is 17.7. The van der Waals surface area contributed by atoms with Crippen LogP contribution in [0.2, 0.25) is 0 Å². The molecule has 1 aliphatic heterocycles. The van der Waals surface area contributed by atoms with E-state index in [9.17, 15) is 13.2 Å². The largest absolute Gasteiger partial charge is 0.484 e. The van der Waals surface area contributed by atoms with Crippen molar-refractivity contribution in [1.29, 1.82) is 0 Å². The summed E-state index contributed by atoms with van der Waals surface area (Å²) < 4.78 is 32.3.